The maximum Gasteiger partial charge on any atom is 0.0613 e. The first-order chi connectivity index (χ1) is 8.33. The van der Waals surface area contributed by atoms with Crippen LogP contribution in [0.25, 0.3) is 0 Å². The maximum absolute atomic E-state index is 5.73. The van der Waals surface area contributed by atoms with E-state index in [-0.39, 0.29) is 0 Å². The van der Waals surface area contributed by atoms with Gasteiger partial charge in [0.05, 0.1) is 12.2 Å². The summed E-state index contributed by atoms with van der Waals surface area (Å²) < 4.78 is 11.1. The van der Waals surface area contributed by atoms with Crippen LogP contribution in [0.4, 0.5) is 0 Å². The molecule has 0 aromatic rings. The quantitative estimate of drug-likeness (QED) is 0.801. The summed E-state index contributed by atoms with van der Waals surface area (Å²) in [7, 11) is 1.83. The van der Waals surface area contributed by atoms with Crippen LogP contribution in [-0.4, -0.2) is 38.5 Å². The van der Waals surface area contributed by atoms with Gasteiger partial charge in [-0.25, -0.2) is 0 Å². The second kappa shape index (κ2) is 6.72. The van der Waals surface area contributed by atoms with Crippen molar-refractivity contribution in [2.24, 2.45) is 5.92 Å². The summed E-state index contributed by atoms with van der Waals surface area (Å²) in [4.78, 5) is 0. The molecule has 1 saturated carbocycles. The van der Waals surface area contributed by atoms with Crippen molar-refractivity contribution in [3.05, 3.63) is 0 Å². The van der Waals surface area contributed by atoms with E-state index in [9.17, 15) is 0 Å². The lowest BCUT2D eigenvalue weighted by molar-refractivity contribution is 0.0598. The van der Waals surface area contributed by atoms with Crippen LogP contribution in [0.3, 0.4) is 0 Å². The lowest BCUT2D eigenvalue weighted by Gasteiger charge is -2.29. The van der Waals surface area contributed by atoms with Crippen molar-refractivity contribution < 1.29 is 9.47 Å². The third kappa shape index (κ3) is 3.67. The van der Waals surface area contributed by atoms with E-state index in [4.69, 9.17) is 9.47 Å². The molecule has 0 amide bonds. The molecule has 2 rings (SSSR count). The van der Waals surface area contributed by atoms with E-state index in [1.54, 1.807) is 0 Å². The molecule has 2 aliphatic rings. The predicted octanol–water partition coefficient (Wildman–Crippen LogP) is 2.35. The van der Waals surface area contributed by atoms with Crippen LogP contribution < -0.4 is 5.32 Å². The summed E-state index contributed by atoms with van der Waals surface area (Å²) >= 11 is 0. The van der Waals surface area contributed by atoms with Crippen LogP contribution in [0.2, 0.25) is 0 Å². The van der Waals surface area contributed by atoms with Crippen LogP contribution in [0, 0.1) is 5.92 Å². The van der Waals surface area contributed by atoms with Crippen LogP contribution in [0.5, 0.6) is 0 Å². The topological polar surface area (TPSA) is 30.5 Å². The zero-order valence-corrected chi connectivity index (χ0v) is 11.3. The van der Waals surface area contributed by atoms with E-state index in [0.717, 1.165) is 25.5 Å². The fourth-order valence-corrected chi connectivity index (χ4v) is 3.20. The Morgan fingerprint density at radius 3 is 2.59 bits per heavy atom. The molecule has 0 spiro atoms. The van der Waals surface area contributed by atoms with Gasteiger partial charge < -0.3 is 14.8 Å². The molecule has 2 atom stereocenters. The molecule has 1 heterocycles. The molecule has 1 aliphatic heterocycles. The Morgan fingerprint density at radius 2 is 1.94 bits per heavy atom. The SMILES string of the molecule is CCC1OCCC1CNC1CCC(OC)CC1. The summed E-state index contributed by atoms with van der Waals surface area (Å²) in [5.74, 6) is 0.736. The molecule has 1 saturated heterocycles. The highest BCUT2D eigenvalue weighted by molar-refractivity contribution is 4.82. The van der Waals surface area contributed by atoms with Crippen molar-refractivity contribution in [2.75, 3.05) is 20.3 Å². The first-order valence-corrected chi connectivity index (χ1v) is 7.21. The Morgan fingerprint density at radius 1 is 1.18 bits per heavy atom. The van der Waals surface area contributed by atoms with Gasteiger partial charge in [-0.1, -0.05) is 6.92 Å². The molecule has 1 aliphatic carbocycles. The largest absolute Gasteiger partial charge is 0.381 e. The van der Waals surface area contributed by atoms with Crippen LogP contribution in [0.15, 0.2) is 0 Å². The summed E-state index contributed by atoms with van der Waals surface area (Å²) in [6.45, 7) is 4.33. The number of hydrogen-bond acceptors (Lipinski definition) is 3. The summed E-state index contributed by atoms with van der Waals surface area (Å²) in [5, 5.41) is 3.74. The average molecular weight is 241 g/mol. The molecule has 1 N–H and O–H groups in total. The Bertz CT molecular complexity index is 214. The highest BCUT2D eigenvalue weighted by atomic mass is 16.5. The van der Waals surface area contributed by atoms with Crippen molar-refractivity contribution in [1.29, 1.82) is 0 Å². The van der Waals surface area contributed by atoms with Gasteiger partial charge >= 0.3 is 0 Å². The van der Waals surface area contributed by atoms with Crippen molar-refractivity contribution in [3.8, 4) is 0 Å². The molecular formula is C14H27NO2. The third-order valence-corrected chi connectivity index (χ3v) is 4.42. The fourth-order valence-electron chi connectivity index (χ4n) is 3.20. The Balaban J connectivity index is 1.65. The smallest absolute Gasteiger partial charge is 0.0613 e. The van der Waals surface area contributed by atoms with Gasteiger partial charge in [0.2, 0.25) is 0 Å². The zero-order valence-electron chi connectivity index (χ0n) is 11.3. The van der Waals surface area contributed by atoms with Crippen molar-refractivity contribution in [2.45, 2.75) is 63.7 Å². The van der Waals surface area contributed by atoms with E-state index < -0.39 is 0 Å². The van der Waals surface area contributed by atoms with Gasteiger partial charge in [0.15, 0.2) is 0 Å². The minimum absolute atomic E-state index is 0.498. The van der Waals surface area contributed by atoms with E-state index in [1.165, 1.54) is 32.1 Å². The summed E-state index contributed by atoms with van der Waals surface area (Å²) in [6.07, 6.45) is 8.36. The van der Waals surface area contributed by atoms with Gasteiger partial charge in [-0.2, -0.15) is 0 Å². The van der Waals surface area contributed by atoms with E-state index in [0.29, 0.717) is 18.2 Å². The zero-order chi connectivity index (χ0) is 12.1. The molecule has 0 bridgehead atoms. The molecule has 3 heteroatoms. The van der Waals surface area contributed by atoms with Crippen LogP contribution in [-0.2, 0) is 9.47 Å². The van der Waals surface area contributed by atoms with Crippen molar-refractivity contribution in [1.82, 2.24) is 5.32 Å². The molecule has 2 unspecified atom stereocenters. The highest BCUT2D eigenvalue weighted by Crippen LogP contribution is 2.24. The maximum atomic E-state index is 5.73. The minimum atomic E-state index is 0.498. The molecule has 0 radical (unpaired) electrons. The van der Waals surface area contributed by atoms with Crippen molar-refractivity contribution in [3.63, 3.8) is 0 Å². The lowest BCUT2D eigenvalue weighted by atomic mass is 9.92. The summed E-state index contributed by atoms with van der Waals surface area (Å²) in [5.41, 5.74) is 0. The number of methoxy groups -OCH3 is 1. The molecular weight excluding hydrogens is 214 g/mol. The van der Waals surface area contributed by atoms with Gasteiger partial charge in [0, 0.05) is 26.3 Å². The monoisotopic (exact) mass is 241 g/mol. The van der Waals surface area contributed by atoms with E-state index in [2.05, 4.69) is 12.2 Å². The van der Waals surface area contributed by atoms with Crippen LogP contribution in [0.1, 0.15) is 45.4 Å². The number of rotatable bonds is 5. The van der Waals surface area contributed by atoms with Crippen LogP contribution >= 0.6 is 0 Å². The van der Waals surface area contributed by atoms with Gasteiger partial charge in [-0.15, -0.1) is 0 Å². The van der Waals surface area contributed by atoms with Gasteiger partial charge in [-0.05, 0) is 44.4 Å². The average Bonchev–Trinajstić information content (AvgIpc) is 2.84. The fraction of sp³-hybridized carbons (Fsp3) is 1.00. The molecule has 2 fully saturated rings. The number of ether oxygens (including phenoxy) is 2. The van der Waals surface area contributed by atoms with Gasteiger partial charge in [0.25, 0.3) is 0 Å². The molecule has 0 aromatic carbocycles. The Hall–Kier alpha value is -0.120. The van der Waals surface area contributed by atoms with E-state index >= 15 is 0 Å². The van der Waals surface area contributed by atoms with Gasteiger partial charge in [0.1, 0.15) is 0 Å². The normalized spacial score (nSPS) is 38.5. The summed E-state index contributed by atoms with van der Waals surface area (Å²) in [6, 6.07) is 0.708. The first-order valence-electron chi connectivity index (χ1n) is 7.21. The lowest BCUT2D eigenvalue weighted by Crippen LogP contribution is -2.39. The minimum Gasteiger partial charge on any atom is -0.381 e. The number of nitrogens with one attached hydrogen (secondary N) is 1. The molecule has 17 heavy (non-hydrogen) atoms. The Kier molecular flexibility index (Phi) is 5.26. The highest BCUT2D eigenvalue weighted by Gasteiger charge is 2.28. The second-order valence-corrected chi connectivity index (χ2v) is 5.48. The van der Waals surface area contributed by atoms with Crippen molar-refractivity contribution >= 4 is 0 Å². The number of hydrogen-bond donors (Lipinski definition) is 1. The second-order valence-electron chi connectivity index (χ2n) is 5.48. The molecule has 3 nitrogen and oxygen atoms in total. The van der Waals surface area contributed by atoms with E-state index in [1.807, 2.05) is 7.11 Å². The molecule has 0 aromatic heterocycles. The van der Waals surface area contributed by atoms with Gasteiger partial charge in [-0.3, -0.25) is 0 Å². The standard InChI is InChI=1S/C14H27NO2/c1-3-14-11(8-9-17-14)10-15-12-4-6-13(16-2)7-5-12/h11-15H,3-10H2,1-2H3. The third-order valence-electron chi connectivity index (χ3n) is 4.42. The predicted molar refractivity (Wildman–Crippen MR) is 69.2 cm³/mol. The molecule has 100 valence electrons. The first kappa shape index (κ1) is 13.3. The Labute approximate surface area is 105 Å².